The minimum Gasteiger partial charge on any atom is -0.313 e. The highest BCUT2D eigenvalue weighted by Crippen LogP contribution is 2.19. The standard InChI is InChI=1S/C18H25N5O2S/c24-26(25,22-11-5-2-6-12-22)21-16-9-10-17-19-20-18(23(17)14-16)13-15-7-3-1-4-8-15/h1,3-4,7-8,16,21H,2,5-6,9-14H2/t16-/m1/s1. The first-order valence-electron chi connectivity index (χ1n) is 9.34. The van der Waals surface area contributed by atoms with E-state index in [0.717, 1.165) is 43.8 Å². The van der Waals surface area contributed by atoms with Gasteiger partial charge in [-0.3, -0.25) is 0 Å². The van der Waals surface area contributed by atoms with Crippen molar-refractivity contribution >= 4 is 10.2 Å². The zero-order valence-electron chi connectivity index (χ0n) is 14.8. The van der Waals surface area contributed by atoms with Crippen LogP contribution in [0.5, 0.6) is 0 Å². The molecule has 7 nitrogen and oxygen atoms in total. The first-order chi connectivity index (χ1) is 12.6. The van der Waals surface area contributed by atoms with Gasteiger partial charge in [-0.15, -0.1) is 10.2 Å². The van der Waals surface area contributed by atoms with Gasteiger partial charge in [-0.1, -0.05) is 36.8 Å². The van der Waals surface area contributed by atoms with Gasteiger partial charge in [-0.2, -0.15) is 17.4 Å². The number of rotatable bonds is 5. The van der Waals surface area contributed by atoms with Crippen LogP contribution in [-0.2, 0) is 29.6 Å². The van der Waals surface area contributed by atoms with Crippen LogP contribution >= 0.6 is 0 Å². The SMILES string of the molecule is O=S(=O)(N[C@@H]1CCc2nnc(Cc3ccccc3)n2C1)N1CCCCC1. The van der Waals surface area contributed by atoms with Gasteiger partial charge in [0.25, 0.3) is 10.2 Å². The average molecular weight is 375 g/mol. The smallest absolute Gasteiger partial charge is 0.279 e. The molecule has 0 spiro atoms. The molecule has 0 bridgehead atoms. The predicted octanol–water partition coefficient (Wildman–Crippen LogP) is 1.50. The summed E-state index contributed by atoms with van der Waals surface area (Å²) in [6, 6.07) is 10.0. The van der Waals surface area contributed by atoms with Crippen LogP contribution in [0.2, 0.25) is 0 Å². The number of aryl methyl sites for hydroxylation is 1. The molecule has 2 aliphatic heterocycles. The van der Waals surface area contributed by atoms with E-state index in [-0.39, 0.29) is 6.04 Å². The van der Waals surface area contributed by atoms with Gasteiger partial charge in [0.05, 0.1) is 0 Å². The highest BCUT2D eigenvalue weighted by Gasteiger charge is 2.30. The van der Waals surface area contributed by atoms with Crippen molar-refractivity contribution in [3.63, 3.8) is 0 Å². The molecule has 26 heavy (non-hydrogen) atoms. The first-order valence-corrected chi connectivity index (χ1v) is 10.8. The molecule has 0 amide bonds. The third-order valence-corrected chi connectivity index (χ3v) is 6.88. The molecule has 4 rings (SSSR count). The van der Waals surface area contributed by atoms with Crippen LogP contribution < -0.4 is 4.72 Å². The van der Waals surface area contributed by atoms with Gasteiger partial charge in [-0.25, -0.2) is 0 Å². The minimum absolute atomic E-state index is 0.111. The molecule has 3 heterocycles. The second-order valence-corrected chi connectivity index (χ2v) is 8.83. The van der Waals surface area contributed by atoms with Crippen LogP contribution in [0.4, 0.5) is 0 Å². The van der Waals surface area contributed by atoms with Gasteiger partial charge in [0.15, 0.2) is 0 Å². The summed E-state index contributed by atoms with van der Waals surface area (Å²) in [6.45, 7) is 1.84. The van der Waals surface area contributed by atoms with Crippen LogP contribution in [0.25, 0.3) is 0 Å². The number of piperidine rings is 1. The summed E-state index contributed by atoms with van der Waals surface area (Å²) in [5.41, 5.74) is 1.18. The van der Waals surface area contributed by atoms with Gasteiger partial charge >= 0.3 is 0 Å². The normalized spacial score (nSPS) is 21.5. The monoisotopic (exact) mass is 375 g/mol. The Morgan fingerprint density at radius 2 is 1.85 bits per heavy atom. The predicted molar refractivity (Wildman–Crippen MR) is 98.9 cm³/mol. The molecule has 1 aromatic heterocycles. The summed E-state index contributed by atoms with van der Waals surface area (Å²) >= 11 is 0. The van der Waals surface area contributed by atoms with Gasteiger partial charge in [-0.05, 0) is 24.8 Å². The maximum atomic E-state index is 12.7. The number of benzene rings is 1. The summed E-state index contributed by atoms with van der Waals surface area (Å²) in [7, 11) is -3.41. The summed E-state index contributed by atoms with van der Waals surface area (Å²) < 4.78 is 31.9. The summed E-state index contributed by atoms with van der Waals surface area (Å²) in [5, 5.41) is 8.64. The molecule has 8 heteroatoms. The molecule has 140 valence electrons. The number of hydrogen-bond acceptors (Lipinski definition) is 4. The molecule has 0 unspecified atom stereocenters. The topological polar surface area (TPSA) is 80.1 Å². The van der Waals surface area contributed by atoms with E-state index in [2.05, 4.69) is 31.6 Å². The number of nitrogens with zero attached hydrogens (tertiary/aromatic N) is 4. The Kier molecular flexibility index (Phi) is 5.06. The zero-order chi connectivity index (χ0) is 18.0. The maximum absolute atomic E-state index is 12.7. The van der Waals surface area contributed by atoms with Crippen LogP contribution in [0.15, 0.2) is 30.3 Å². The fourth-order valence-electron chi connectivity index (χ4n) is 3.78. The van der Waals surface area contributed by atoms with E-state index in [4.69, 9.17) is 0 Å². The van der Waals surface area contributed by atoms with E-state index in [0.29, 0.717) is 26.1 Å². The highest BCUT2D eigenvalue weighted by molar-refractivity contribution is 7.87. The summed E-state index contributed by atoms with van der Waals surface area (Å²) in [4.78, 5) is 0. The summed E-state index contributed by atoms with van der Waals surface area (Å²) in [6.07, 6.45) is 5.22. The molecule has 1 saturated heterocycles. The van der Waals surface area contributed by atoms with E-state index in [1.165, 1.54) is 5.56 Å². The van der Waals surface area contributed by atoms with Gasteiger partial charge < -0.3 is 4.57 Å². The Bertz CT molecular complexity index is 844. The molecule has 1 atom stereocenters. The Labute approximate surface area is 154 Å². The van der Waals surface area contributed by atoms with Crippen LogP contribution in [-0.4, -0.2) is 46.6 Å². The average Bonchev–Trinajstić information content (AvgIpc) is 3.05. The van der Waals surface area contributed by atoms with Gasteiger partial charge in [0, 0.05) is 38.5 Å². The van der Waals surface area contributed by atoms with Crippen molar-refractivity contribution in [2.75, 3.05) is 13.1 Å². The lowest BCUT2D eigenvalue weighted by molar-refractivity contribution is 0.330. The fraction of sp³-hybridized carbons (Fsp3) is 0.556. The molecular weight excluding hydrogens is 350 g/mol. The molecule has 1 fully saturated rings. The Balaban J connectivity index is 1.46. The quantitative estimate of drug-likeness (QED) is 0.859. The van der Waals surface area contributed by atoms with Crippen molar-refractivity contribution in [1.29, 1.82) is 0 Å². The highest BCUT2D eigenvalue weighted by atomic mass is 32.2. The molecule has 1 aromatic carbocycles. The van der Waals surface area contributed by atoms with E-state index < -0.39 is 10.2 Å². The molecular formula is C18H25N5O2S. The Hall–Kier alpha value is -1.77. The van der Waals surface area contributed by atoms with Crippen molar-refractivity contribution in [3.8, 4) is 0 Å². The third-order valence-electron chi connectivity index (χ3n) is 5.20. The lowest BCUT2D eigenvalue weighted by atomic mass is 10.1. The van der Waals surface area contributed by atoms with Crippen molar-refractivity contribution in [1.82, 2.24) is 23.8 Å². The van der Waals surface area contributed by atoms with Crippen LogP contribution in [0.1, 0.15) is 42.9 Å². The molecule has 0 aliphatic carbocycles. The maximum Gasteiger partial charge on any atom is 0.279 e. The molecule has 0 saturated carbocycles. The number of aromatic nitrogens is 3. The van der Waals surface area contributed by atoms with Crippen molar-refractivity contribution < 1.29 is 8.42 Å². The zero-order valence-corrected chi connectivity index (χ0v) is 15.7. The van der Waals surface area contributed by atoms with Crippen molar-refractivity contribution in [3.05, 3.63) is 47.5 Å². The minimum atomic E-state index is -3.41. The van der Waals surface area contributed by atoms with Crippen molar-refractivity contribution in [2.45, 2.75) is 51.1 Å². The number of hydrogen-bond donors (Lipinski definition) is 1. The largest absolute Gasteiger partial charge is 0.313 e. The second kappa shape index (κ2) is 7.46. The van der Waals surface area contributed by atoms with Gasteiger partial charge in [0.2, 0.25) is 0 Å². The number of nitrogens with one attached hydrogen (secondary N) is 1. The van der Waals surface area contributed by atoms with Crippen LogP contribution in [0.3, 0.4) is 0 Å². The fourth-order valence-corrected chi connectivity index (χ4v) is 5.28. The van der Waals surface area contributed by atoms with E-state index >= 15 is 0 Å². The number of fused-ring (bicyclic) bond motifs is 1. The molecule has 1 N–H and O–H groups in total. The van der Waals surface area contributed by atoms with E-state index in [9.17, 15) is 8.42 Å². The van der Waals surface area contributed by atoms with E-state index in [1.54, 1.807) is 4.31 Å². The Morgan fingerprint density at radius 3 is 2.62 bits per heavy atom. The Morgan fingerprint density at radius 1 is 1.08 bits per heavy atom. The third kappa shape index (κ3) is 3.82. The first kappa shape index (κ1) is 17.6. The molecule has 2 aromatic rings. The lowest BCUT2D eigenvalue weighted by Crippen LogP contribution is -2.49. The second-order valence-electron chi connectivity index (χ2n) is 7.12. The van der Waals surface area contributed by atoms with Crippen molar-refractivity contribution in [2.24, 2.45) is 0 Å². The van der Waals surface area contributed by atoms with Gasteiger partial charge in [0.1, 0.15) is 11.6 Å². The summed E-state index contributed by atoms with van der Waals surface area (Å²) in [5.74, 6) is 1.84. The van der Waals surface area contributed by atoms with Crippen LogP contribution in [0, 0.1) is 0 Å². The molecule has 0 radical (unpaired) electrons. The lowest BCUT2D eigenvalue weighted by Gasteiger charge is -2.30. The van der Waals surface area contributed by atoms with E-state index in [1.807, 2.05) is 18.2 Å². The molecule has 2 aliphatic rings.